The number of aromatic nitrogens is 3. The van der Waals surface area contributed by atoms with E-state index in [-0.39, 0.29) is 24.5 Å². The number of amides is 1. The number of nitrogens with zero attached hydrogens (tertiary/aromatic N) is 4. The molecule has 0 saturated carbocycles. The number of piperidine rings is 1. The Balaban J connectivity index is 1.78. The van der Waals surface area contributed by atoms with Crippen molar-refractivity contribution in [3.8, 4) is 0 Å². The fourth-order valence-corrected chi connectivity index (χ4v) is 3.69. The van der Waals surface area contributed by atoms with Crippen LogP contribution in [0.5, 0.6) is 0 Å². The van der Waals surface area contributed by atoms with E-state index in [0.29, 0.717) is 24.2 Å². The van der Waals surface area contributed by atoms with Gasteiger partial charge in [-0.1, -0.05) is 12.1 Å². The fraction of sp³-hybridized carbons (Fsp3) is 0.333. The molecule has 0 bridgehead atoms. The molecule has 0 aliphatic carbocycles. The summed E-state index contributed by atoms with van der Waals surface area (Å²) in [6.45, 7) is 1.19. The highest BCUT2D eigenvalue weighted by atomic mass is 19.1. The quantitative estimate of drug-likeness (QED) is 0.673. The monoisotopic (exact) mass is 396 g/mol. The van der Waals surface area contributed by atoms with E-state index in [4.69, 9.17) is 0 Å². The number of pyridine rings is 1. The van der Waals surface area contributed by atoms with Gasteiger partial charge in [-0.3, -0.25) is 18.7 Å². The van der Waals surface area contributed by atoms with Crippen LogP contribution in [0.4, 0.5) is 4.39 Å². The van der Waals surface area contributed by atoms with E-state index in [1.807, 2.05) is 0 Å². The topological polar surface area (TPSA) is 77.2 Å². The van der Waals surface area contributed by atoms with Crippen molar-refractivity contribution >= 4 is 16.9 Å². The van der Waals surface area contributed by atoms with Crippen LogP contribution in [0.25, 0.3) is 11.0 Å². The molecule has 1 aliphatic rings. The maximum Gasteiger partial charge on any atom is 0.332 e. The lowest BCUT2D eigenvalue weighted by atomic mass is 10.1. The summed E-state index contributed by atoms with van der Waals surface area (Å²) in [7, 11) is 0. The van der Waals surface area contributed by atoms with Gasteiger partial charge in [-0.15, -0.1) is 0 Å². The number of halogens is 1. The first-order valence-corrected chi connectivity index (χ1v) is 9.65. The number of rotatable bonds is 4. The van der Waals surface area contributed by atoms with Gasteiger partial charge in [-0.25, -0.2) is 14.2 Å². The zero-order chi connectivity index (χ0) is 20.4. The van der Waals surface area contributed by atoms with Gasteiger partial charge in [0.25, 0.3) is 5.56 Å². The van der Waals surface area contributed by atoms with Crippen molar-refractivity contribution in [2.75, 3.05) is 13.1 Å². The minimum atomic E-state index is -0.579. The summed E-state index contributed by atoms with van der Waals surface area (Å²) in [5.74, 6) is -0.547. The number of hydrogen-bond donors (Lipinski definition) is 0. The number of carbonyl (C=O) groups is 1. The molecule has 4 rings (SSSR count). The minimum Gasteiger partial charge on any atom is -0.341 e. The summed E-state index contributed by atoms with van der Waals surface area (Å²) < 4.78 is 15.5. The van der Waals surface area contributed by atoms with Gasteiger partial charge in [0.05, 0.1) is 12.1 Å². The second-order valence-electron chi connectivity index (χ2n) is 7.20. The highest BCUT2D eigenvalue weighted by molar-refractivity contribution is 5.79. The maximum absolute atomic E-state index is 13.2. The molecule has 2 aromatic heterocycles. The van der Waals surface area contributed by atoms with Gasteiger partial charge in [0, 0.05) is 19.3 Å². The molecule has 0 unspecified atom stereocenters. The largest absolute Gasteiger partial charge is 0.341 e. The van der Waals surface area contributed by atoms with Crippen molar-refractivity contribution in [1.82, 2.24) is 19.0 Å². The van der Waals surface area contributed by atoms with Crippen LogP contribution in [-0.4, -0.2) is 38.0 Å². The van der Waals surface area contributed by atoms with Gasteiger partial charge in [0.1, 0.15) is 12.4 Å². The highest BCUT2D eigenvalue weighted by Gasteiger charge is 2.21. The lowest BCUT2D eigenvalue weighted by molar-refractivity contribution is -0.132. The number of carbonyl (C=O) groups excluding carboxylic acids is 1. The predicted octanol–water partition coefficient (Wildman–Crippen LogP) is 1.76. The van der Waals surface area contributed by atoms with Crippen LogP contribution < -0.4 is 11.2 Å². The third kappa shape index (κ3) is 3.83. The first-order chi connectivity index (χ1) is 14.0. The number of likely N-dealkylation sites (tertiary alicyclic amines) is 1. The van der Waals surface area contributed by atoms with E-state index < -0.39 is 17.1 Å². The second kappa shape index (κ2) is 7.98. The zero-order valence-corrected chi connectivity index (χ0v) is 15.9. The standard InChI is InChI=1S/C21H21FN4O3/c22-16-8-6-15(7-9-16)13-26-20(28)19-17(5-4-10-23-19)25(21(26)29)14-18(27)24-11-2-1-3-12-24/h4-10H,1-3,11-14H2. The van der Waals surface area contributed by atoms with Crippen molar-refractivity contribution in [1.29, 1.82) is 0 Å². The molecule has 1 aliphatic heterocycles. The summed E-state index contributed by atoms with van der Waals surface area (Å²) in [6.07, 6.45) is 4.48. The highest BCUT2D eigenvalue weighted by Crippen LogP contribution is 2.11. The Morgan fingerprint density at radius 1 is 1.00 bits per heavy atom. The maximum atomic E-state index is 13.2. The molecule has 0 spiro atoms. The zero-order valence-electron chi connectivity index (χ0n) is 15.9. The van der Waals surface area contributed by atoms with Gasteiger partial charge in [-0.05, 0) is 49.1 Å². The Bertz CT molecular complexity index is 1160. The van der Waals surface area contributed by atoms with Gasteiger partial charge in [0.15, 0.2) is 5.52 Å². The predicted molar refractivity (Wildman–Crippen MR) is 106 cm³/mol. The average molecular weight is 396 g/mol. The van der Waals surface area contributed by atoms with Crippen molar-refractivity contribution in [3.63, 3.8) is 0 Å². The van der Waals surface area contributed by atoms with Gasteiger partial charge in [0.2, 0.25) is 5.91 Å². The van der Waals surface area contributed by atoms with E-state index in [1.165, 1.54) is 35.0 Å². The first-order valence-electron chi connectivity index (χ1n) is 9.65. The molecule has 3 heterocycles. The normalized spacial score (nSPS) is 14.3. The molecular formula is C21H21FN4O3. The Hall–Kier alpha value is -3.29. The Morgan fingerprint density at radius 3 is 2.45 bits per heavy atom. The van der Waals surface area contributed by atoms with Crippen LogP contribution in [0.3, 0.4) is 0 Å². The summed E-state index contributed by atoms with van der Waals surface area (Å²) in [5, 5.41) is 0. The van der Waals surface area contributed by atoms with Gasteiger partial charge >= 0.3 is 5.69 Å². The van der Waals surface area contributed by atoms with Gasteiger partial charge in [-0.2, -0.15) is 0 Å². The van der Waals surface area contributed by atoms with Gasteiger partial charge < -0.3 is 4.90 Å². The van der Waals surface area contributed by atoms with Crippen molar-refractivity contribution in [3.05, 3.63) is 74.8 Å². The molecule has 1 saturated heterocycles. The second-order valence-corrected chi connectivity index (χ2v) is 7.20. The molecule has 1 fully saturated rings. The molecule has 150 valence electrons. The molecule has 7 nitrogen and oxygen atoms in total. The average Bonchev–Trinajstić information content (AvgIpc) is 2.76. The lowest BCUT2D eigenvalue weighted by Crippen LogP contribution is -2.44. The lowest BCUT2D eigenvalue weighted by Gasteiger charge is -2.27. The van der Waals surface area contributed by atoms with Crippen LogP contribution in [0.1, 0.15) is 24.8 Å². The Kier molecular flexibility index (Phi) is 5.24. The Labute approximate surface area is 166 Å². The third-order valence-corrected chi connectivity index (χ3v) is 5.24. The molecule has 0 atom stereocenters. The van der Waals surface area contributed by atoms with Crippen molar-refractivity contribution in [2.45, 2.75) is 32.4 Å². The number of fused-ring (bicyclic) bond motifs is 1. The summed E-state index contributed by atoms with van der Waals surface area (Å²) in [4.78, 5) is 44.7. The SMILES string of the molecule is O=C(Cn1c(=O)n(Cc2ccc(F)cc2)c(=O)c2ncccc21)N1CCCCC1. The molecule has 8 heteroatoms. The molecule has 1 amide bonds. The molecule has 29 heavy (non-hydrogen) atoms. The third-order valence-electron chi connectivity index (χ3n) is 5.24. The van der Waals surface area contributed by atoms with E-state index in [9.17, 15) is 18.8 Å². The van der Waals surface area contributed by atoms with Crippen LogP contribution in [0, 0.1) is 5.82 Å². The molecule has 0 N–H and O–H groups in total. The first kappa shape index (κ1) is 19.0. The van der Waals surface area contributed by atoms with Crippen LogP contribution in [0.2, 0.25) is 0 Å². The minimum absolute atomic E-state index is 0.0254. The van der Waals surface area contributed by atoms with Crippen molar-refractivity contribution < 1.29 is 9.18 Å². The van der Waals surface area contributed by atoms with Crippen LogP contribution >= 0.6 is 0 Å². The summed E-state index contributed by atoms with van der Waals surface area (Å²) >= 11 is 0. The van der Waals surface area contributed by atoms with Crippen LogP contribution in [-0.2, 0) is 17.9 Å². The molecule has 1 aromatic carbocycles. The van der Waals surface area contributed by atoms with Crippen LogP contribution in [0.15, 0.2) is 52.2 Å². The Morgan fingerprint density at radius 2 is 1.72 bits per heavy atom. The smallest absolute Gasteiger partial charge is 0.332 e. The van der Waals surface area contributed by atoms with Crippen molar-refractivity contribution in [2.24, 2.45) is 0 Å². The van der Waals surface area contributed by atoms with E-state index >= 15 is 0 Å². The van der Waals surface area contributed by atoms with E-state index in [1.54, 1.807) is 17.0 Å². The van der Waals surface area contributed by atoms with E-state index in [2.05, 4.69) is 4.98 Å². The molecule has 3 aromatic rings. The fourth-order valence-electron chi connectivity index (χ4n) is 3.69. The summed E-state index contributed by atoms with van der Waals surface area (Å²) in [5.41, 5.74) is -0.0413. The summed E-state index contributed by atoms with van der Waals surface area (Å²) in [6, 6.07) is 8.85. The number of benzene rings is 1. The molecular weight excluding hydrogens is 375 g/mol. The molecule has 0 radical (unpaired) electrons. The van der Waals surface area contributed by atoms with E-state index in [0.717, 1.165) is 23.8 Å². The number of hydrogen-bond acceptors (Lipinski definition) is 4.